The molecule has 0 spiro atoms. The maximum absolute atomic E-state index is 13.6. The molecular formula is C30H42N4O4S. The van der Waals surface area contributed by atoms with Crippen molar-refractivity contribution in [3.63, 3.8) is 0 Å². The van der Waals surface area contributed by atoms with Crippen LogP contribution >= 0.6 is 0 Å². The fourth-order valence-electron chi connectivity index (χ4n) is 6.58. The molecule has 2 aliphatic carbocycles. The minimum Gasteiger partial charge on any atom is -0.390 e. The molecule has 1 saturated heterocycles. The number of rotatable bonds is 11. The Morgan fingerprint density at radius 3 is 2.62 bits per heavy atom. The van der Waals surface area contributed by atoms with E-state index >= 15 is 0 Å². The molecule has 2 aromatic rings. The molecule has 5 atom stereocenters. The molecule has 1 heterocycles. The summed E-state index contributed by atoms with van der Waals surface area (Å²) in [5, 5.41) is 21.2. The molecule has 2 saturated carbocycles. The number of amides is 1. The lowest BCUT2D eigenvalue weighted by Gasteiger charge is -2.30. The second-order valence-corrected chi connectivity index (χ2v) is 13.4. The van der Waals surface area contributed by atoms with Gasteiger partial charge in [0.2, 0.25) is 10.0 Å². The molecule has 3 unspecified atom stereocenters. The zero-order valence-electron chi connectivity index (χ0n) is 22.8. The van der Waals surface area contributed by atoms with Gasteiger partial charge in [-0.25, -0.2) is 8.42 Å². The zero-order chi connectivity index (χ0) is 27.4. The van der Waals surface area contributed by atoms with E-state index in [1.165, 1.54) is 30.0 Å². The highest BCUT2D eigenvalue weighted by molar-refractivity contribution is 7.92. The van der Waals surface area contributed by atoms with Gasteiger partial charge in [0, 0.05) is 36.9 Å². The van der Waals surface area contributed by atoms with Crippen molar-refractivity contribution in [2.45, 2.75) is 70.1 Å². The number of aliphatic hydroxyl groups excluding tert-OH is 1. The Balaban J connectivity index is 1.34. The third-order valence-electron chi connectivity index (χ3n) is 8.60. The van der Waals surface area contributed by atoms with Gasteiger partial charge in [0.05, 0.1) is 23.6 Å². The van der Waals surface area contributed by atoms with Crippen LogP contribution in [0.2, 0.25) is 0 Å². The first-order chi connectivity index (χ1) is 18.8. The average Bonchev–Trinajstić information content (AvgIpc) is 3.55. The highest BCUT2D eigenvalue weighted by Gasteiger charge is 2.39. The van der Waals surface area contributed by atoms with Crippen LogP contribution in [0, 0.1) is 11.8 Å². The lowest BCUT2D eigenvalue weighted by atomic mass is 9.94. The van der Waals surface area contributed by atoms with Gasteiger partial charge in [0.25, 0.3) is 5.91 Å². The molecule has 3 aliphatic rings. The van der Waals surface area contributed by atoms with E-state index in [2.05, 4.69) is 16.0 Å². The van der Waals surface area contributed by atoms with Crippen LogP contribution in [0.4, 0.5) is 11.4 Å². The van der Waals surface area contributed by atoms with Crippen LogP contribution in [0.5, 0.6) is 0 Å². The smallest absolute Gasteiger partial charge is 0.251 e. The highest BCUT2D eigenvalue weighted by Crippen LogP contribution is 2.44. The Labute approximate surface area is 232 Å². The van der Waals surface area contributed by atoms with Crippen molar-refractivity contribution >= 4 is 27.3 Å². The van der Waals surface area contributed by atoms with E-state index in [9.17, 15) is 18.3 Å². The predicted octanol–water partition coefficient (Wildman–Crippen LogP) is 3.53. The summed E-state index contributed by atoms with van der Waals surface area (Å²) in [5.74, 6) is 1.29. The molecule has 39 heavy (non-hydrogen) atoms. The number of carbonyl (C=O) groups is 1. The van der Waals surface area contributed by atoms with Crippen LogP contribution in [0.1, 0.15) is 61.4 Å². The maximum atomic E-state index is 13.6. The van der Waals surface area contributed by atoms with Crippen molar-refractivity contribution in [3.05, 3.63) is 59.7 Å². The van der Waals surface area contributed by atoms with E-state index in [-0.39, 0.29) is 11.7 Å². The third kappa shape index (κ3) is 6.76. The number of carbonyl (C=O) groups excluding carboxylic acids is 1. The molecule has 4 N–H and O–H groups in total. The quantitative estimate of drug-likeness (QED) is 0.338. The first-order valence-electron chi connectivity index (χ1n) is 14.5. The zero-order valence-corrected chi connectivity index (χ0v) is 23.6. The Kier molecular flexibility index (Phi) is 8.79. The summed E-state index contributed by atoms with van der Waals surface area (Å²) in [4.78, 5) is 13.6. The third-order valence-corrected chi connectivity index (χ3v) is 10.5. The number of hydrogen-bond acceptors (Lipinski definition) is 6. The number of hydrogen-bond donors (Lipinski definition) is 4. The number of benzene rings is 2. The van der Waals surface area contributed by atoms with Gasteiger partial charge in [-0.05, 0) is 81.0 Å². The summed E-state index contributed by atoms with van der Waals surface area (Å²) >= 11 is 0. The van der Waals surface area contributed by atoms with Gasteiger partial charge in [0.15, 0.2) is 0 Å². The number of nitrogens with one attached hydrogen (secondary N) is 3. The van der Waals surface area contributed by atoms with Crippen LogP contribution in [0.15, 0.2) is 48.5 Å². The van der Waals surface area contributed by atoms with Crippen molar-refractivity contribution in [3.8, 4) is 0 Å². The number of nitrogens with zero attached hydrogens (tertiary/aromatic N) is 1. The van der Waals surface area contributed by atoms with Crippen LogP contribution in [0.25, 0.3) is 0 Å². The van der Waals surface area contributed by atoms with Gasteiger partial charge in [-0.3, -0.25) is 9.10 Å². The molecule has 0 aromatic heterocycles. The first kappa shape index (κ1) is 27.9. The lowest BCUT2D eigenvalue weighted by Crippen LogP contribution is -2.50. The van der Waals surface area contributed by atoms with Gasteiger partial charge in [-0.15, -0.1) is 0 Å². The largest absolute Gasteiger partial charge is 0.390 e. The van der Waals surface area contributed by atoms with Gasteiger partial charge in [0.1, 0.15) is 0 Å². The highest BCUT2D eigenvalue weighted by atomic mass is 32.2. The van der Waals surface area contributed by atoms with Crippen LogP contribution in [-0.4, -0.2) is 63.0 Å². The standard InChI is InChI=1S/C30H42N4O4S/c1-2-31-25-17-24(18-26(19-25)34-12-6-7-13-39(34,37)38)30(36)33-28(15-21-8-4-3-5-9-21)29(35)20-32-27-16-22-10-11-23(27)14-22/h3-5,8-9,17-19,22-23,27-29,31-32,35H,2,6-7,10-16,20H2,1H3,(H,33,36)/t22?,23?,27?,28-,29+/m0/s1. The topological polar surface area (TPSA) is 111 Å². The van der Waals surface area contributed by atoms with E-state index in [0.29, 0.717) is 61.4 Å². The Morgan fingerprint density at radius 1 is 1.10 bits per heavy atom. The minimum absolute atomic E-state index is 0.112. The molecule has 8 nitrogen and oxygen atoms in total. The Hall–Kier alpha value is -2.62. The fourth-order valence-corrected chi connectivity index (χ4v) is 8.21. The van der Waals surface area contributed by atoms with E-state index in [0.717, 1.165) is 17.9 Å². The van der Waals surface area contributed by atoms with E-state index in [1.807, 2.05) is 37.3 Å². The molecular weight excluding hydrogens is 512 g/mol. The normalized spacial score (nSPS) is 25.3. The number of aliphatic hydroxyl groups is 1. The molecule has 2 bridgehead atoms. The van der Waals surface area contributed by atoms with E-state index in [1.54, 1.807) is 18.2 Å². The molecule has 9 heteroatoms. The number of sulfonamides is 1. The molecule has 1 aliphatic heterocycles. The van der Waals surface area contributed by atoms with Crippen molar-refractivity contribution in [2.75, 3.05) is 35.0 Å². The SMILES string of the molecule is CCNc1cc(C(=O)N[C@@H](Cc2ccccc2)[C@H](O)CNC2CC3CCC2C3)cc(N2CCCCS2(=O)=O)c1. The molecule has 3 fully saturated rings. The minimum atomic E-state index is -3.42. The monoisotopic (exact) mass is 554 g/mol. The lowest BCUT2D eigenvalue weighted by molar-refractivity contribution is 0.0819. The van der Waals surface area contributed by atoms with Gasteiger partial charge in [-0.2, -0.15) is 0 Å². The molecule has 2 aromatic carbocycles. The van der Waals surface area contributed by atoms with Crippen molar-refractivity contribution in [2.24, 2.45) is 11.8 Å². The fraction of sp³-hybridized carbons (Fsp3) is 0.567. The number of anilines is 2. The summed E-state index contributed by atoms with van der Waals surface area (Å²) in [6.07, 6.45) is 6.20. The van der Waals surface area contributed by atoms with Crippen molar-refractivity contribution < 1.29 is 18.3 Å². The summed E-state index contributed by atoms with van der Waals surface area (Å²) in [6, 6.07) is 15.0. The molecule has 212 valence electrons. The summed E-state index contributed by atoms with van der Waals surface area (Å²) in [5.41, 5.74) is 2.59. The summed E-state index contributed by atoms with van der Waals surface area (Å²) in [6.45, 7) is 3.42. The molecule has 5 rings (SSSR count). The van der Waals surface area contributed by atoms with Gasteiger partial charge < -0.3 is 21.1 Å². The second-order valence-electron chi connectivity index (χ2n) is 11.4. The van der Waals surface area contributed by atoms with E-state index in [4.69, 9.17) is 0 Å². The Bertz CT molecular complexity index is 1240. The van der Waals surface area contributed by atoms with Crippen LogP contribution in [-0.2, 0) is 16.4 Å². The molecule has 0 radical (unpaired) electrons. The van der Waals surface area contributed by atoms with Gasteiger partial charge >= 0.3 is 0 Å². The Morgan fingerprint density at radius 2 is 1.92 bits per heavy atom. The van der Waals surface area contributed by atoms with E-state index < -0.39 is 22.2 Å². The molecule has 1 amide bonds. The van der Waals surface area contributed by atoms with Crippen LogP contribution in [0.3, 0.4) is 0 Å². The second kappa shape index (κ2) is 12.3. The average molecular weight is 555 g/mol. The maximum Gasteiger partial charge on any atom is 0.251 e. The van der Waals surface area contributed by atoms with Crippen molar-refractivity contribution in [1.82, 2.24) is 10.6 Å². The first-order valence-corrected chi connectivity index (χ1v) is 16.1. The summed E-state index contributed by atoms with van der Waals surface area (Å²) in [7, 11) is -3.42. The van der Waals surface area contributed by atoms with Crippen LogP contribution < -0.4 is 20.3 Å². The summed E-state index contributed by atoms with van der Waals surface area (Å²) < 4.78 is 27.0. The van der Waals surface area contributed by atoms with Gasteiger partial charge in [-0.1, -0.05) is 36.8 Å². The van der Waals surface area contributed by atoms with Crippen molar-refractivity contribution in [1.29, 1.82) is 0 Å². The number of fused-ring (bicyclic) bond motifs is 2. The predicted molar refractivity (Wildman–Crippen MR) is 156 cm³/mol.